The molecule has 1 amide bonds. The van der Waals surface area contributed by atoms with Crippen LogP contribution >= 0.6 is 0 Å². The van der Waals surface area contributed by atoms with E-state index in [4.69, 9.17) is 10.5 Å². The van der Waals surface area contributed by atoms with E-state index in [2.05, 4.69) is 12.2 Å². The van der Waals surface area contributed by atoms with Gasteiger partial charge in [-0.2, -0.15) is 0 Å². The third kappa shape index (κ3) is 4.24. The van der Waals surface area contributed by atoms with Crippen molar-refractivity contribution < 1.29 is 14.6 Å². The number of fused-ring (bicyclic) bond motifs is 3. The van der Waals surface area contributed by atoms with Crippen molar-refractivity contribution in [2.45, 2.75) is 32.4 Å². The van der Waals surface area contributed by atoms with Crippen molar-refractivity contribution in [3.8, 4) is 22.8 Å². The maximum absolute atomic E-state index is 12.7. The molecule has 1 atom stereocenters. The van der Waals surface area contributed by atoms with Gasteiger partial charge in [-0.15, -0.1) is 0 Å². The number of rotatable bonds is 7. The fourth-order valence-corrected chi connectivity index (χ4v) is 4.08. The fraction of sp³-hybridized carbons (Fsp3) is 0.280. The number of nitrogens with two attached hydrogens (primary N) is 1. The Balaban J connectivity index is 1.70. The number of carbonyl (C=O) groups excluding carboxylic acids is 1. The molecule has 0 saturated heterocycles. The van der Waals surface area contributed by atoms with Crippen LogP contribution in [0.3, 0.4) is 0 Å². The van der Waals surface area contributed by atoms with Crippen molar-refractivity contribution in [2.75, 3.05) is 13.1 Å². The molecule has 0 saturated carbocycles. The maximum atomic E-state index is 12.7. The first-order chi connectivity index (χ1) is 15.5. The summed E-state index contributed by atoms with van der Waals surface area (Å²) in [6.45, 7) is 3.03. The molecule has 1 aliphatic rings. The Bertz CT molecular complexity index is 1190. The lowest BCUT2D eigenvalue weighted by atomic mass is 9.90. The van der Waals surface area contributed by atoms with Crippen LogP contribution in [0.1, 0.15) is 40.9 Å². The van der Waals surface area contributed by atoms with Gasteiger partial charge in [0, 0.05) is 37.0 Å². The number of aromatic hydroxyl groups is 1. The molecule has 3 aromatic rings. The van der Waals surface area contributed by atoms with Gasteiger partial charge in [0.25, 0.3) is 5.91 Å². The molecule has 2 aromatic carbocycles. The van der Waals surface area contributed by atoms with Crippen molar-refractivity contribution in [2.24, 2.45) is 5.73 Å². The Labute approximate surface area is 186 Å². The van der Waals surface area contributed by atoms with E-state index in [9.17, 15) is 14.7 Å². The lowest BCUT2D eigenvalue weighted by Gasteiger charge is -2.31. The predicted molar refractivity (Wildman–Crippen MR) is 123 cm³/mol. The third-order valence-electron chi connectivity index (χ3n) is 5.77. The van der Waals surface area contributed by atoms with Crippen LogP contribution in [0.4, 0.5) is 0 Å². The zero-order valence-corrected chi connectivity index (χ0v) is 18.0. The molecule has 0 fully saturated rings. The van der Waals surface area contributed by atoms with Gasteiger partial charge in [-0.1, -0.05) is 37.3 Å². The van der Waals surface area contributed by atoms with Crippen LogP contribution in [-0.2, 0) is 13.0 Å². The molecule has 1 unspecified atom stereocenters. The SMILES string of the molecule is CCC1Cc2cc(OCc3ccccc3)c(O)cc2-c2cc(=O)c(C(=O)NCCN)cn21. The molecular formula is C25H27N3O4. The molecule has 4 N–H and O–H groups in total. The summed E-state index contributed by atoms with van der Waals surface area (Å²) in [5.41, 5.74) is 8.64. The average molecular weight is 434 g/mol. The second-order valence-corrected chi connectivity index (χ2v) is 7.91. The number of ether oxygens (including phenoxy) is 1. The molecule has 0 spiro atoms. The monoisotopic (exact) mass is 433 g/mol. The molecule has 1 aliphatic heterocycles. The lowest BCUT2D eigenvalue weighted by molar-refractivity contribution is 0.0952. The van der Waals surface area contributed by atoms with Gasteiger partial charge in [-0.05, 0) is 36.1 Å². The van der Waals surface area contributed by atoms with E-state index in [-0.39, 0.29) is 22.8 Å². The smallest absolute Gasteiger partial charge is 0.256 e. The predicted octanol–water partition coefficient (Wildman–Crippen LogP) is 3.00. The van der Waals surface area contributed by atoms with E-state index in [0.717, 1.165) is 23.1 Å². The number of hydrogen-bond acceptors (Lipinski definition) is 5. The number of nitrogens with zero attached hydrogens (tertiary/aromatic N) is 1. The summed E-state index contributed by atoms with van der Waals surface area (Å²) in [6, 6.07) is 14.8. The van der Waals surface area contributed by atoms with E-state index >= 15 is 0 Å². The zero-order chi connectivity index (χ0) is 22.7. The molecule has 2 heterocycles. The molecular weight excluding hydrogens is 406 g/mol. The van der Waals surface area contributed by atoms with Gasteiger partial charge in [0.05, 0.1) is 5.69 Å². The summed E-state index contributed by atoms with van der Waals surface area (Å²) in [4.78, 5) is 25.1. The first-order valence-electron chi connectivity index (χ1n) is 10.8. The minimum atomic E-state index is -0.427. The number of nitrogens with one attached hydrogen (secondary N) is 1. The van der Waals surface area contributed by atoms with Crippen LogP contribution in [0, 0.1) is 0 Å². The Morgan fingerprint density at radius 1 is 1.25 bits per heavy atom. The summed E-state index contributed by atoms with van der Waals surface area (Å²) in [6.07, 6.45) is 3.14. The van der Waals surface area contributed by atoms with Crippen LogP contribution in [0.15, 0.2) is 59.5 Å². The van der Waals surface area contributed by atoms with Gasteiger partial charge >= 0.3 is 0 Å². The number of phenols is 1. The van der Waals surface area contributed by atoms with Crippen molar-refractivity contribution in [3.63, 3.8) is 0 Å². The molecule has 0 aliphatic carbocycles. The second-order valence-electron chi connectivity index (χ2n) is 7.91. The topological polar surface area (TPSA) is 107 Å². The number of aromatic nitrogens is 1. The lowest BCUT2D eigenvalue weighted by Crippen LogP contribution is -2.34. The Kier molecular flexibility index (Phi) is 6.28. The number of amides is 1. The number of phenolic OH excluding ortho intramolecular Hbond substituents is 1. The van der Waals surface area contributed by atoms with Gasteiger partial charge in [0.2, 0.25) is 0 Å². The minimum Gasteiger partial charge on any atom is -0.504 e. The fourth-order valence-electron chi connectivity index (χ4n) is 4.08. The third-order valence-corrected chi connectivity index (χ3v) is 5.77. The molecule has 0 radical (unpaired) electrons. The number of hydrogen-bond donors (Lipinski definition) is 3. The highest BCUT2D eigenvalue weighted by molar-refractivity contribution is 5.94. The first-order valence-corrected chi connectivity index (χ1v) is 10.8. The highest BCUT2D eigenvalue weighted by atomic mass is 16.5. The Hall–Kier alpha value is -3.58. The zero-order valence-electron chi connectivity index (χ0n) is 18.0. The summed E-state index contributed by atoms with van der Waals surface area (Å²) >= 11 is 0. The van der Waals surface area contributed by atoms with E-state index in [1.165, 1.54) is 6.07 Å². The molecule has 166 valence electrons. The number of benzene rings is 2. The summed E-state index contributed by atoms with van der Waals surface area (Å²) in [5, 5.41) is 13.3. The average Bonchev–Trinajstić information content (AvgIpc) is 2.81. The van der Waals surface area contributed by atoms with Crippen molar-refractivity contribution in [1.29, 1.82) is 0 Å². The highest BCUT2D eigenvalue weighted by Gasteiger charge is 2.26. The summed E-state index contributed by atoms with van der Waals surface area (Å²) < 4.78 is 7.84. The van der Waals surface area contributed by atoms with Gasteiger partial charge in [-0.25, -0.2) is 0 Å². The van der Waals surface area contributed by atoms with Gasteiger partial charge in [0.15, 0.2) is 16.9 Å². The van der Waals surface area contributed by atoms with E-state index in [0.29, 0.717) is 37.6 Å². The Morgan fingerprint density at radius 2 is 2.03 bits per heavy atom. The molecule has 0 bridgehead atoms. The van der Waals surface area contributed by atoms with Crippen molar-refractivity contribution in [1.82, 2.24) is 9.88 Å². The van der Waals surface area contributed by atoms with Crippen LogP contribution in [0.5, 0.6) is 11.5 Å². The number of carbonyl (C=O) groups is 1. The van der Waals surface area contributed by atoms with Gasteiger partial charge in [0.1, 0.15) is 12.2 Å². The molecule has 32 heavy (non-hydrogen) atoms. The van der Waals surface area contributed by atoms with Crippen LogP contribution in [-0.4, -0.2) is 28.7 Å². The van der Waals surface area contributed by atoms with Crippen molar-refractivity contribution >= 4 is 5.91 Å². The highest BCUT2D eigenvalue weighted by Crippen LogP contribution is 2.41. The van der Waals surface area contributed by atoms with Gasteiger partial charge < -0.3 is 25.5 Å². The largest absolute Gasteiger partial charge is 0.504 e. The Morgan fingerprint density at radius 3 is 2.75 bits per heavy atom. The van der Waals surface area contributed by atoms with Crippen LogP contribution in [0.25, 0.3) is 11.3 Å². The second kappa shape index (κ2) is 9.28. The molecule has 1 aromatic heterocycles. The maximum Gasteiger partial charge on any atom is 0.256 e. The molecule has 7 nitrogen and oxygen atoms in total. The van der Waals surface area contributed by atoms with E-state index in [1.807, 2.05) is 41.0 Å². The van der Waals surface area contributed by atoms with Gasteiger partial charge in [-0.3, -0.25) is 9.59 Å². The molecule has 7 heteroatoms. The van der Waals surface area contributed by atoms with E-state index in [1.54, 1.807) is 12.3 Å². The first kappa shape index (κ1) is 21.6. The van der Waals surface area contributed by atoms with Crippen LogP contribution < -0.4 is 21.2 Å². The van der Waals surface area contributed by atoms with E-state index < -0.39 is 5.91 Å². The quantitative estimate of drug-likeness (QED) is 0.531. The molecule has 4 rings (SSSR count). The minimum absolute atomic E-state index is 0.0124. The van der Waals surface area contributed by atoms with Crippen molar-refractivity contribution in [3.05, 3.63) is 81.6 Å². The summed E-state index contributed by atoms with van der Waals surface area (Å²) in [7, 11) is 0. The number of pyridine rings is 1. The van der Waals surface area contributed by atoms with Crippen LogP contribution in [0.2, 0.25) is 0 Å². The summed E-state index contributed by atoms with van der Waals surface area (Å²) in [5.74, 6) is -0.00154. The standard InChI is InChI=1S/C25H27N3O4/c1-2-18-10-17-11-24(32-15-16-6-4-3-5-7-16)23(30)12-19(17)21-13-22(29)20(14-28(18)21)25(31)27-9-8-26/h3-7,11-14,18,30H,2,8-10,15,26H2,1H3,(H,27,31). The normalized spacial score (nSPS) is 14.4.